The number of esters is 1. The van der Waals surface area contributed by atoms with Crippen LogP contribution >= 0.6 is 11.8 Å². The highest BCUT2D eigenvalue weighted by Crippen LogP contribution is 2.22. The number of hydrogen-bond acceptors (Lipinski definition) is 5. The Morgan fingerprint density at radius 3 is 2.81 bits per heavy atom. The van der Waals surface area contributed by atoms with E-state index in [2.05, 4.69) is 5.32 Å². The van der Waals surface area contributed by atoms with E-state index < -0.39 is 0 Å². The van der Waals surface area contributed by atoms with E-state index in [-0.39, 0.29) is 12.0 Å². The van der Waals surface area contributed by atoms with Crippen molar-refractivity contribution in [2.24, 2.45) is 0 Å². The summed E-state index contributed by atoms with van der Waals surface area (Å²) in [4.78, 5) is 11.5. The van der Waals surface area contributed by atoms with Crippen molar-refractivity contribution in [1.82, 2.24) is 5.32 Å². The molecule has 0 aromatic rings. The topological polar surface area (TPSA) is 47.6 Å². The smallest absolute Gasteiger partial charge is 0.323 e. The number of carbonyl (C=O) groups is 1. The summed E-state index contributed by atoms with van der Waals surface area (Å²) in [5.74, 6) is 0.618. The molecule has 0 amide bonds. The molecular weight excluding hydrogens is 226 g/mol. The first kappa shape index (κ1) is 13.8. The lowest BCUT2D eigenvalue weighted by molar-refractivity contribution is -0.142. The summed E-state index contributed by atoms with van der Waals surface area (Å²) in [5, 5.41) is 3.77. The fraction of sp³-hybridized carbons (Fsp3) is 0.909. The van der Waals surface area contributed by atoms with E-state index in [9.17, 15) is 4.79 Å². The third-order valence-electron chi connectivity index (χ3n) is 2.60. The number of nitrogens with one attached hydrogen (secondary N) is 1. The Balaban J connectivity index is 2.27. The average molecular weight is 247 g/mol. The van der Waals surface area contributed by atoms with E-state index >= 15 is 0 Å². The summed E-state index contributed by atoms with van der Waals surface area (Å²) in [6, 6.07) is -0.178. The quantitative estimate of drug-likeness (QED) is 0.711. The van der Waals surface area contributed by atoms with Gasteiger partial charge in [-0.15, -0.1) is 0 Å². The molecule has 1 aliphatic rings. The second-order valence-corrected chi connectivity index (χ2v) is 5.11. The van der Waals surface area contributed by atoms with E-state index in [0.717, 1.165) is 38.4 Å². The number of methoxy groups -OCH3 is 1. The summed E-state index contributed by atoms with van der Waals surface area (Å²) in [5.41, 5.74) is 0. The molecule has 1 rings (SSSR count). The summed E-state index contributed by atoms with van der Waals surface area (Å²) in [6.07, 6.45) is 2.18. The predicted octanol–water partition coefficient (Wildman–Crippen LogP) is 1.05. The van der Waals surface area contributed by atoms with Gasteiger partial charge in [-0.05, 0) is 19.4 Å². The highest BCUT2D eigenvalue weighted by atomic mass is 32.2. The Morgan fingerprint density at radius 2 is 2.25 bits per heavy atom. The Morgan fingerprint density at radius 1 is 1.56 bits per heavy atom. The molecule has 94 valence electrons. The molecule has 1 unspecified atom stereocenters. The number of thioether (sulfide) groups is 1. The van der Waals surface area contributed by atoms with Gasteiger partial charge in [-0.1, -0.05) is 6.92 Å². The minimum atomic E-state index is -0.178. The minimum Gasteiger partial charge on any atom is -0.468 e. The predicted molar refractivity (Wildman–Crippen MR) is 65.8 cm³/mol. The van der Waals surface area contributed by atoms with E-state index in [1.165, 1.54) is 7.11 Å². The van der Waals surface area contributed by atoms with Gasteiger partial charge in [0.2, 0.25) is 0 Å². The summed E-state index contributed by atoms with van der Waals surface area (Å²) >= 11 is 1.85. The lowest BCUT2D eigenvalue weighted by Gasteiger charge is -2.23. The van der Waals surface area contributed by atoms with Crippen molar-refractivity contribution in [1.29, 1.82) is 0 Å². The van der Waals surface area contributed by atoms with Gasteiger partial charge in [-0.2, -0.15) is 11.8 Å². The van der Waals surface area contributed by atoms with E-state index in [0.29, 0.717) is 5.25 Å². The molecule has 0 spiro atoms. The van der Waals surface area contributed by atoms with Gasteiger partial charge in [0.05, 0.1) is 7.11 Å². The molecule has 1 saturated heterocycles. The van der Waals surface area contributed by atoms with Crippen LogP contribution in [0.5, 0.6) is 0 Å². The van der Waals surface area contributed by atoms with Crippen molar-refractivity contribution < 1.29 is 14.3 Å². The van der Waals surface area contributed by atoms with E-state index in [4.69, 9.17) is 9.47 Å². The molecule has 1 fully saturated rings. The molecular formula is C11H21NO3S. The number of hydrogen-bond donors (Lipinski definition) is 1. The van der Waals surface area contributed by atoms with Gasteiger partial charge in [0, 0.05) is 24.2 Å². The van der Waals surface area contributed by atoms with Crippen LogP contribution in [-0.4, -0.2) is 49.9 Å². The number of carbonyl (C=O) groups excluding carboxylic acids is 1. The van der Waals surface area contributed by atoms with Crippen molar-refractivity contribution in [2.75, 3.05) is 32.6 Å². The van der Waals surface area contributed by atoms with Gasteiger partial charge < -0.3 is 14.8 Å². The van der Waals surface area contributed by atoms with Crippen molar-refractivity contribution >= 4 is 17.7 Å². The first-order valence-corrected chi connectivity index (χ1v) is 6.83. The first-order valence-electron chi connectivity index (χ1n) is 5.78. The molecule has 1 aliphatic heterocycles. The van der Waals surface area contributed by atoms with Crippen molar-refractivity contribution in [2.45, 2.75) is 31.1 Å². The van der Waals surface area contributed by atoms with Crippen LogP contribution in [0.2, 0.25) is 0 Å². The zero-order valence-electron chi connectivity index (χ0n) is 10.0. The van der Waals surface area contributed by atoms with Gasteiger partial charge in [0.1, 0.15) is 6.04 Å². The van der Waals surface area contributed by atoms with Gasteiger partial charge in [0.25, 0.3) is 0 Å². The lowest BCUT2D eigenvalue weighted by atomic mass is 10.2. The van der Waals surface area contributed by atoms with Crippen molar-refractivity contribution in [3.8, 4) is 0 Å². The Labute approximate surface area is 101 Å². The van der Waals surface area contributed by atoms with Crippen LogP contribution in [0.1, 0.15) is 19.8 Å². The normalized spacial score (nSPS) is 19.4. The molecule has 0 aromatic heterocycles. The first-order chi connectivity index (χ1) is 7.77. The van der Waals surface area contributed by atoms with E-state index in [1.54, 1.807) is 0 Å². The zero-order valence-corrected chi connectivity index (χ0v) is 10.8. The number of likely N-dealkylation sites (N-methyl/N-ethyl adjacent to an activating group) is 1. The molecule has 4 nitrogen and oxygen atoms in total. The van der Waals surface area contributed by atoms with Gasteiger partial charge in [-0.25, -0.2) is 0 Å². The molecule has 1 N–H and O–H groups in total. The molecule has 0 bridgehead atoms. The standard InChI is InChI=1S/C11H21NO3S/c1-3-12-10(11(13)14-2)8-16-9-4-6-15-7-5-9/h9-10,12H,3-8H2,1-2H3. The van der Waals surface area contributed by atoms with E-state index in [1.807, 2.05) is 18.7 Å². The highest BCUT2D eigenvalue weighted by molar-refractivity contribution is 7.99. The molecule has 5 heteroatoms. The van der Waals surface area contributed by atoms with Gasteiger partial charge in [0.15, 0.2) is 0 Å². The summed E-state index contributed by atoms with van der Waals surface area (Å²) in [7, 11) is 1.44. The third-order valence-corrected chi connectivity index (χ3v) is 4.07. The van der Waals surface area contributed by atoms with Crippen LogP contribution < -0.4 is 5.32 Å². The zero-order chi connectivity index (χ0) is 11.8. The van der Waals surface area contributed by atoms with Crippen LogP contribution in [0.4, 0.5) is 0 Å². The molecule has 0 saturated carbocycles. The molecule has 16 heavy (non-hydrogen) atoms. The fourth-order valence-electron chi connectivity index (χ4n) is 1.67. The SMILES string of the molecule is CCNC(CSC1CCOCC1)C(=O)OC. The van der Waals surface area contributed by atoms with Crippen molar-refractivity contribution in [3.63, 3.8) is 0 Å². The van der Waals surface area contributed by atoms with Crippen LogP contribution in [0, 0.1) is 0 Å². The number of ether oxygens (including phenoxy) is 2. The second-order valence-electron chi connectivity index (χ2n) is 3.78. The van der Waals surface area contributed by atoms with Crippen LogP contribution in [0.25, 0.3) is 0 Å². The Kier molecular flexibility index (Phi) is 6.84. The maximum absolute atomic E-state index is 11.5. The lowest BCUT2D eigenvalue weighted by Crippen LogP contribution is -2.40. The maximum Gasteiger partial charge on any atom is 0.323 e. The van der Waals surface area contributed by atoms with Crippen LogP contribution in [-0.2, 0) is 14.3 Å². The van der Waals surface area contributed by atoms with Gasteiger partial charge in [-0.3, -0.25) is 4.79 Å². The maximum atomic E-state index is 11.5. The fourth-order valence-corrected chi connectivity index (χ4v) is 2.92. The summed E-state index contributed by atoms with van der Waals surface area (Å²) in [6.45, 7) is 4.48. The monoisotopic (exact) mass is 247 g/mol. The molecule has 0 aromatic carbocycles. The molecule has 1 heterocycles. The van der Waals surface area contributed by atoms with Crippen LogP contribution in [0.15, 0.2) is 0 Å². The molecule has 0 aliphatic carbocycles. The Hall–Kier alpha value is -0.260. The van der Waals surface area contributed by atoms with Gasteiger partial charge >= 0.3 is 5.97 Å². The van der Waals surface area contributed by atoms with Crippen LogP contribution in [0.3, 0.4) is 0 Å². The second kappa shape index (κ2) is 7.92. The largest absolute Gasteiger partial charge is 0.468 e. The summed E-state index contributed by atoms with van der Waals surface area (Å²) < 4.78 is 10.1. The Bertz CT molecular complexity index is 207. The minimum absolute atomic E-state index is 0.165. The average Bonchev–Trinajstić information content (AvgIpc) is 2.34. The molecule has 1 atom stereocenters. The number of rotatable bonds is 6. The third kappa shape index (κ3) is 4.72. The molecule has 0 radical (unpaired) electrons. The van der Waals surface area contributed by atoms with Crippen molar-refractivity contribution in [3.05, 3.63) is 0 Å². The highest BCUT2D eigenvalue weighted by Gasteiger charge is 2.21.